The van der Waals surface area contributed by atoms with Gasteiger partial charge in [0.1, 0.15) is 0 Å². The number of aromatic nitrogens is 2. The lowest BCUT2D eigenvalue weighted by Crippen LogP contribution is -1.79. The van der Waals surface area contributed by atoms with Crippen LogP contribution in [0.5, 0.6) is 0 Å². The van der Waals surface area contributed by atoms with Gasteiger partial charge < -0.3 is 5.73 Å². The fourth-order valence-corrected chi connectivity index (χ4v) is 0.596. The van der Waals surface area contributed by atoms with Gasteiger partial charge in [-0.05, 0) is 0 Å². The zero-order chi connectivity index (χ0) is 5.28. The van der Waals surface area contributed by atoms with Crippen molar-refractivity contribution in [1.82, 2.24) is 15.9 Å². The van der Waals surface area contributed by atoms with E-state index in [2.05, 4.69) is 10.2 Å². The summed E-state index contributed by atoms with van der Waals surface area (Å²) in [4.78, 5) is 0. The van der Waals surface area contributed by atoms with E-state index >= 15 is 0 Å². The molecule has 0 fully saturated rings. The summed E-state index contributed by atoms with van der Waals surface area (Å²) in [5.41, 5.74) is 11.9. The van der Waals surface area contributed by atoms with Gasteiger partial charge in [-0.1, -0.05) is 11.3 Å². The molecule has 0 spiro atoms. The van der Waals surface area contributed by atoms with Crippen LogP contribution in [0.1, 0.15) is 0 Å². The van der Waals surface area contributed by atoms with Crippen LogP contribution in [0.4, 0.5) is 10.3 Å². The number of nitrogen functional groups attached to an aromatic ring is 1. The molecule has 0 aliphatic heterocycles. The lowest BCUT2D eigenvalue weighted by Gasteiger charge is -1.66. The van der Waals surface area contributed by atoms with E-state index in [1.165, 1.54) is 0 Å². The van der Waals surface area contributed by atoms with Gasteiger partial charge in [0.25, 0.3) is 0 Å². The summed E-state index contributed by atoms with van der Waals surface area (Å²) in [5.74, 6) is 0. The van der Waals surface area contributed by atoms with Crippen molar-refractivity contribution in [3.05, 3.63) is 0 Å². The van der Waals surface area contributed by atoms with Gasteiger partial charge in [-0.25, -0.2) is 0 Å². The molecule has 1 rings (SSSR count). The van der Waals surface area contributed by atoms with E-state index in [1.807, 2.05) is 0 Å². The molecule has 0 bridgehead atoms. The maximum atomic E-state index is 6.78. The SMILES string of the molecule is [NH]c1nnc(N)s1. The number of nitrogens with zero attached hydrogens (tertiary/aromatic N) is 2. The van der Waals surface area contributed by atoms with Crippen molar-refractivity contribution in [3.63, 3.8) is 0 Å². The van der Waals surface area contributed by atoms with Crippen LogP contribution in [-0.2, 0) is 0 Å². The molecule has 37 valence electrons. The summed E-state index contributed by atoms with van der Waals surface area (Å²) < 4.78 is 0. The third-order valence-corrected chi connectivity index (χ3v) is 1.01. The molecule has 0 amide bonds. The third kappa shape index (κ3) is 0.774. The fraction of sp³-hybridized carbons (Fsp3) is 0. The van der Waals surface area contributed by atoms with Crippen molar-refractivity contribution in [1.29, 1.82) is 0 Å². The lowest BCUT2D eigenvalue weighted by atomic mass is 11.3. The van der Waals surface area contributed by atoms with Gasteiger partial charge in [0, 0.05) is 0 Å². The Kier molecular flexibility index (Phi) is 0.828. The Bertz CT molecular complexity index is 142. The first-order valence-electron chi connectivity index (χ1n) is 1.59. The molecule has 0 unspecified atom stereocenters. The van der Waals surface area contributed by atoms with Crippen molar-refractivity contribution < 1.29 is 0 Å². The highest BCUT2D eigenvalue weighted by molar-refractivity contribution is 7.18. The molecule has 0 saturated heterocycles. The summed E-state index contributed by atoms with van der Waals surface area (Å²) in [5, 5.41) is 7.22. The number of anilines is 1. The normalized spacial score (nSPS) is 9.14. The molecule has 0 atom stereocenters. The van der Waals surface area contributed by atoms with Crippen molar-refractivity contribution >= 4 is 21.6 Å². The number of hydrogen-bond acceptors (Lipinski definition) is 4. The minimum Gasteiger partial charge on any atom is -0.374 e. The number of hydrogen-bond donors (Lipinski definition) is 1. The number of nitrogens with one attached hydrogen (secondary N) is 1. The Morgan fingerprint density at radius 3 is 2.43 bits per heavy atom. The molecule has 0 aliphatic rings. The first-order chi connectivity index (χ1) is 3.29. The van der Waals surface area contributed by atoms with Crippen molar-refractivity contribution in [2.24, 2.45) is 0 Å². The highest BCUT2D eigenvalue weighted by Gasteiger charge is 1.90. The monoisotopic (exact) mass is 115 g/mol. The highest BCUT2D eigenvalue weighted by atomic mass is 32.1. The van der Waals surface area contributed by atoms with Crippen LogP contribution in [0.2, 0.25) is 0 Å². The highest BCUT2D eigenvalue weighted by Crippen LogP contribution is 2.12. The topological polar surface area (TPSA) is 75.6 Å². The third-order valence-electron chi connectivity index (χ3n) is 0.441. The van der Waals surface area contributed by atoms with Crippen LogP contribution in [0.25, 0.3) is 0 Å². The Hall–Kier alpha value is -0.840. The predicted octanol–water partition coefficient (Wildman–Crippen LogP) is 0.0347. The molecule has 0 saturated carbocycles. The largest absolute Gasteiger partial charge is 0.374 e. The maximum Gasteiger partial charge on any atom is 0.225 e. The summed E-state index contributed by atoms with van der Waals surface area (Å²) in [6.07, 6.45) is 0. The Morgan fingerprint density at radius 1 is 1.57 bits per heavy atom. The van der Waals surface area contributed by atoms with Gasteiger partial charge in [-0.2, -0.15) is 0 Å². The zero-order valence-electron chi connectivity index (χ0n) is 3.38. The van der Waals surface area contributed by atoms with Crippen LogP contribution < -0.4 is 11.5 Å². The second-order valence-electron chi connectivity index (χ2n) is 0.945. The van der Waals surface area contributed by atoms with E-state index in [0.717, 1.165) is 11.3 Å². The average Bonchev–Trinajstić information content (AvgIpc) is 1.87. The summed E-state index contributed by atoms with van der Waals surface area (Å²) >= 11 is 1.06. The maximum absolute atomic E-state index is 6.78. The summed E-state index contributed by atoms with van der Waals surface area (Å²) in [6, 6.07) is 0. The molecule has 1 aromatic rings. The molecule has 1 heterocycles. The number of nitrogens with two attached hydrogens (primary N) is 1. The first-order valence-corrected chi connectivity index (χ1v) is 2.41. The molecule has 4 nitrogen and oxygen atoms in total. The van der Waals surface area contributed by atoms with Crippen molar-refractivity contribution in [2.45, 2.75) is 0 Å². The second-order valence-corrected chi connectivity index (χ2v) is 1.95. The van der Waals surface area contributed by atoms with Gasteiger partial charge in [0.2, 0.25) is 10.3 Å². The lowest BCUT2D eigenvalue weighted by molar-refractivity contribution is 1.08. The molecule has 3 N–H and O–H groups in total. The van der Waals surface area contributed by atoms with Gasteiger partial charge in [-0.3, -0.25) is 5.73 Å². The Balaban J connectivity index is 3.04. The van der Waals surface area contributed by atoms with Gasteiger partial charge >= 0.3 is 0 Å². The summed E-state index contributed by atoms with van der Waals surface area (Å²) in [7, 11) is 0. The van der Waals surface area contributed by atoms with E-state index in [0.29, 0.717) is 5.13 Å². The molecule has 7 heavy (non-hydrogen) atoms. The van der Waals surface area contributed by atoms with Crippen molar-refractivity contribution in [3.8, 4) is 0 Å². The molecule has 0 aliphatic carbocycles. The predicted molar refractivity (Wildman–Crippen MR) is 27.1 cm³/mol. The molecular formula is C2H3N4S. The second kappa shape index (κ2) is 1.34. The first kappa shape index (κ1) is 4.32. The Labute approximate surface area is 44.2 Å². The van der Waals surface area contributed by atoms with E-state index < -0.39 is 0 Å². The van der Waals surface area contributed by atoms with E-state index in [9.17, 15) is 0 Å². The summed E-state index contributed by atoms with van der Waals surface area (Å²) in [6.45, 7) is 0. The van der Waals surface area contributed by atoms with E-state index in [4.69, 9.17) is 11.5 Å². The van der Waals surface area contributed by atoms with Gasteiger partial charge in [0.15, 0.2) is 0 Å². The smallest absolute Gasteiger partial charge is 0.225 e. The van der Waals surface area contributed by atoms with Crippen molar-refractivity contribution in [2.75, 3.05) is 5.73 Å². The zero-order valence-corrected chi connectivity index (χ0v) is 4.20. The Morgan fingerprint density at radius 2 is 2.29 bits per heavy atom. The molecule has 1 aromatic heterocycles. The molecular weight excluding hydrogens is 112 g/mol. The van der Waals surface area contributed by atoms with E-state index in [-0.39, 0.29) is 5.13 Å². The molecule has 5 heteroatoms. The van der Waals surface area contributed by atoms with Crippen LogP contribution in [-0.4, -0.2) is 10.2 Å². The van der Waals surface area contributed by atoms with Crippen LogP contribution in [0.3, 0.4) is 0 Å². The van der Waals surface area contributed by atoms with Crippen LogP contribution in [0, 0.1) is 0 Å². The average molecular weight is 115 g/mol. The van der Waals surface area contributed by atoms with E-state index in [1.54, 1.807) is 0 Å². The standard InChI is InChI=1S/C2H3N4S/c3-1-5-6-2(4)7-1/h3H,(H2,4,6). The minimum absolute atomic E-state index is 0.164. The van der Waals surface area contributed by atoms with Crippen LogP contribution >= 0.6 is 11.3 Å². The fourth-order valence-electron chi connectivity index (χ4n) is 0.235. The molecule has 0 aromatic carbocycles. The molecule has 1 radical (unpaired) electrons. The quantitative estimate of drug-likeness (QED) is 0.518. The van der Waals surface area contributed by atoms with Crippen LogP contribution in [0.15, 0.2) is 0 Å². The number of rotatable bonds is 0. The minimum atomic E-state index is 0.164. The van der Waals surface area contributed by atoms with Gasteiger partial charge in [0.05, 0.1) is 0 Å². The van der Waals surface area contributed by atoms with Gasteiger partial charge in [-0.15, -0.1) is 10.2 Å².